The summed E-state index contributed by atoms with van der Waals surface area (Å²) in [5.74, 6) is 0.248. The monoisotopic (exact) mass is 277 g/mol. The molecule has 1 heterocycles. The van der Waals surface area contributed by atoms with E-state index in [0.717, 1.165) is 17.7 Å². The number of methoxy groups -OCH3 is 1. The molecule has 0 radical (unpaired) electrons. The highest BCUT2D eigenvalue weighted by molar-refractivity contribution is 7.15. The van der Waals surface area contributed by atoms with E-state index in [1.165, 1.54) is 18.4 Å². The Morgan fingerprint density at radius 3 is 2.94 bits per heavy atom. The molecule has 1 unspecified atom stereocenters. The number of carbonyl (C=O) groups is 1. The van der Waals surface area contributed by atoms with Crippen molar-refractivity contribution >= 4 is 34.8 Å². The van der Waals surface area contributed by atoms with Gasteiger partial charge in [-0.25, -0.2) is 4.98 Å². The van der Waals surface area contributed by atoms with E-state index in [1.54, 1.807) is 6.20 Å². The van der Waals surface area contributed by atoms with Crippen LogP contribution in [0.25, 0.3) is 0 Å². The number of rotatable bonds is 5. The summed E-state index contributed by atoms with van der Waals surface area (Å²) in [5.41, 5.74) is 5.53. The largest absolute Gasteiger partial charge is 0.468 e. The van der Waals surface area contributed by atoms with Gasteiger partial charge in [-0.05, 0) is 18.8 Å². The number of nitrogens with one attached hydrogen (secondary N) is 1. The zero-order chi connectivity index (χ0) is 11.5. The Bertz CT molecular complexity index is 381. The molecule has 1 fully saturated rings. The maximum Gasteiger partial charge on any atom is 0.323 e. The van der Waals surface area contributed by atoms with Gasteiger partial charge in [0, 0.05) is 17.6 Å². The minimum absolute atomic E-state index is 0. The molecule has 7 heteroatoms. The van der Waals surface area contributed by atoms with E-state index in [9.17, 15) is 4.79 Å². The van der Waals surface area contributed by atoms with Crippen molar-refractivity contribution in [3.8, 4) is 0 Å². The highest BCUT2D eigenvalue weighted by Gasteiger charge is 2.36. The van der Waals surface area contributed by atoms with Crippen LogP contribution < -0.4 is 11.1 Å². The molecule has 3 N–H and O–H groups in total. The molecule has 1 saturated carbocycles. The number of anilines is 1. The van der Waals surface area contributed by atoms with E-state index in [-0.39, 0.29) is 24.4 Å². The van der Waals surface area contributed by atoms with Gasteiger partial charge in [0.1, 0.15) is 6.04 Å². The first-order chi connectivity index (χ1) is 7.70. The third-order valence-electron chi connectivity index (χ3n) is 2.62. The lowest BCUT2D eigenvalue weighted by Gasteiger charge is -2.14. The first kappa shape index (κ1) is 14.2. The van der Waals surface area contributed by atoms with Crippen LogP contribution in [0.2, 0.25) is 0 Å². The summed E-state index contributed by atoms with van der Waals surface area (Å²) in [6, 6.07) is -0.187. The molecule has 1 aliphatic rings. The molecule has 0 aromatic carbocycles. The van der Waals surface area contributed by atoms with Crippen LogP contribution in [0.4, 0.5) is 5.13 Å². The lowest BCUT2D eigenvalue weighted by Crippen LogP contribution is -2.38. The molecular weight excluding hydrogens is 262 g/mol. The molecule has 0 amide bonds. The Labute approximate surface area is 110 Å². The van der Waals surface area contributed by atoms with E-state index in [0.29, 0.717) is 17.6 Å². The summed E-state index contributed by atoms with van der Waals surface area (Å²) in [6.45, 7) is 0.616. The second-order valence-electron chi connectivity index (χ2n) is 3.88. The molecule has 0 aliphatic heterocycles. The normalized spacial score (nSPS) is 16.1. The number of ether oxygens (including phenoxy) is 1. The van der Waals surface area contributed by atoms with Gasteiger partial charge in [0.15, 0.2) is 5.13 Å². The van der Waals surface area contributed by atoms with E-state index in [4.69, 9.17) is 10.5 Å². The molecule has 0 spiro atoms. The Morgan fingerprint density at radius 1 is 1.76 bits per heavy atom. The molecular formula is C10H16ClN3O2S. The number of esters is 1. The van der Waals surface area contributed by atoms with Crippen molar-refractivity contribution in [1.82, 2.24) is 10.3 Å². The summed E-state index contributed by atoms with van der Waals surface area (Å²) >= 11 is 1.43. The molecule has 1 aliphatic carbocycles. The number of nitrogens with two attached hydrogens (primary N) is 1. The Balaban J connectivity index is 0.00000144. The quantitative estimate of drug-likeness (QED) is 0.791. The number of hydrogen-bond donors (Lipinski definition) is 2. The fourth-order valence-corrected chi connectivity index (χ4v) is 2.25. The van der Waals surface area contributed by atoms with Gasteiger partial charge < -0.3 is 10.5 Å². The third kappa shape index (κ3) is 3.83. The average Bonchev–Trinajstić information content (AvgIpc) is 3.02. The highest BCUT2D eigenvalue weighted by atomic mass is 35.5. The molecule has 5 nitrogen and oxygen atoms in total. The Morgan fingerprint density at radius 2 is 2.47 bits per heavy atom. The Hall–Kier alpha value is -0.850. The number of carbonyl (C=O) groups excluding carboxylic acids is 1. The summed E-state index contributed by atoms with van der Waals surface area (Å²) in [6.07, 6.45) is 3.92. The maximum atomic E-state index is 11.5. The van der Waals surface area contributed by atoms with Gasteiger partial charge in [-0.2, -0.15) is 0 Å². The third-order valence-corrected chi connectivity index (χ3v) is 3.44. The van der Waals surface area contributed by atoms with Crippen LogP contribution in [0, 0.1) is 5.92 Å². The second-order valence-corrected chi connectivity index (χ2v) is 5.03. The molecule has 2 rings (SSSR count). The van der Waals surface area contributed by atoms with Crippen LogP contribution in [0.5, 0.6) is 0 Å². The smallest absolute Gasteiger partial charge is 0.323 e. The van der Waals surface area contributed by atoms with Gasteiger partial charge in [0.25, 0.3) is 0 Å². The molecule has 17 heavy (non-hydrogen) atoms. The van der Waals surface area contributed by atoms with Crippen molar-refractivity contribution in [2.75, 3.05) is 12.8 Å². The van der Waals surface area contributed by atoms with Crippen LogP contribution in [-0.4, -0.2) is 24.1 Å². The lowest BCUT2D eigenvalue weighted by atomic mass is 10.2. The zero-order valence-corrected chi connectivity index (χ0v) is 11.1. The fraction of sp³-hybridized carbons (Fsp3) is 0.600. The summed E-state index contributed by atoms with van der Waals surface area (Å²) in [7, 11) is 1.42. The van der Waals surface area contributed by atoms with E-state index in [2.05, 4.69) is 10.3 Å². The van der Waals surface area contributed by atoms with Crippen molar-refractivity contribution in [2.24, 2.45) is 5.92 Å². The average molecular weight is 278 g/mol. The van der Waals surface area contributed by atoms with Gasteiger partial charge in [-0.1, -0.05) is 0 Å². The number of nitrogen functional groups attached to an aromatic ring is 1. The standard InChI is InChI=1S/C10H15N3O2S.ClH/c1-15-9(14)8(6-2-3-6)12-4-7-5-13-10(11)16-7;/h5-6,8,12H,2-4H2,1H3,(H2,11,13);1H. The van der Waals surface area contributed by atoms with Gasteiger partial charge >= 0.3 is 5.97 Å². The van der Waals surface area contributed by atoms with Crippen LogP contribution >= 0.6 is 23.7 Å². The maximum absolute atomic E-state index is 11.5. The SMILES string of the molecule is COC(=O)C(NCc1cnc(N)s1)C1CC1.Cl. The van der Waals surface area contributed by atoms with Crippen molar-refractivity contribution in [3.05, 3.63) is 11.1 Å². The Kier molecular flexibility index (Phi) is 5.17. The number of halogens is 1. The molecule has 1 aromatic heterocycles. The molecule has 0 bridgehead atoms. The van der Waals surface area contributed by atoms with Gasteiger partial charge in [0.05, 0.1) is 7.11 Å². The van der Waals surface area contributed by atoms with Gasteiger partial charge in [0.2, 0.25) is 0 Å². The van der Waals surface area contributed by atoms with E-state index >= 15 is 0 Å². The summed E-state index contributed by atoms with van der Waals surface area (Å²) in [4.78, 5) is 16.5. The fourth-order valence-electron chi connectivity index (χ4n) is 1.61. The zero-order valence-electron chi connectivity index (χ0n) is 9.51. The minimum Gasteiger partial charge on any atom is -0.468 e. The minimum atomic E-state index is -0.187. The van der Waals surface area contributed by atoms with Crippen molar-refractivity contribution in [2.45, 2.75) is 25.4 Å². The van der Waals surface area contributed by atoms with Gasteiger partial charge in [-0.15, -0.1) is 23.7 Å². The van der Waals surface area contributed by atoms with Crippen LogP contribution in [0.1, 0.15) is 17.7 Å². The van der Waals surface area contributed by atoms with Crippen LogP contribution in [0.15, 0.2) is 6.20 Å². The topological polar surface area (TPSA) is 77.2 Å². The van der Waals surface area contributed by atoms with E-state index < -0.39 is 0 Å². The second kappa shape index (κ2) is 6.18. The molecule has 1 atom stereocenters. The highest BCUT2D eigenvalue weighted by Crippen LogP contribution is 2.33. The molecule has 0 saturated heterocycles. The predicted molar refractivity (Wildman–Crippen MR) is 69.1 cm³/mol. The van der Waals surface area contributed by atoms with Crippen LogP contribution in [0.3, 0.4) is 0 Å². The van der Waals surface area contributed by atoms with Crippen molar-refractivity contribution in [1.29, 1.82) is 0 Å². The first-order valence-corrected chi connectivity index (χ1v) is 6.03. The molecule has 96 valence electrons. The summed E-state index contributed by atoms with van der Waals surface area (Å²) in [5, 5.41) is 3.76. The number of nitrogens with zero attached hydrogens (tertiary/aromatic N) is 1. The number of hydrogen-bond acceptors (Lipinski definition) is 6. The summed E-state index contributed by atoms with van der Waals surface area (Å²) < 4.78 is 4.77. The van der Waals surface area contributed by atoms with Crippen molar-refractivity contribution < 1.29 is 9.53 Å². The van der Waals surface area contributed by atoms with Crippen LogP contribution in [-0.2, 0) is 16.1 Å². The number of thiazole rings is 1. The van der Waals surface area contributed by atoms with E-state index in [1.807, 2.05) is 0 Å². The molecule has 1 aromatic rings. The number of aromatic nitrogens is 1. The van der Waals surface area contributed by atoms with Gasteiger partial charge in [-0.3, -0.25) is 10.1 Å². The van der Waals surface area contributed by atoms with Crippen molar-refractivity contribution in [3.63, 3.8) is 0 Å². The lowest BCUT2D eigenvalue weighted by molar-refractivity contribution is -0.143. The predicted octanol–water partition coefficient (Wildman–Crippen LogP) is 1.19. The first-order valence-electron chi connectivity index (χ1n) is 5.22.